The van der Waals surface area contributed by atoms with Crippen LogP contribution in [0, 0.1) is 29.0 Å². The topological polar surface area (TPSA) is 362 Å². The van der Waals surface area contributed by atoms with Gasteiger partial charge in [0.05, 0.1) is 41.8 Å². The number of alkyl carbamates (subject to hydrolysis) is 1. The summed E-state index contributed by atoms with van der Waals surface area (Å²) >= 11 is 1.33. The summed E-state index contributed by atoms with van der Waals surface area (Å²) in [6.45, 7) is 7.59. The minimum absolute atomic E-state index is 0.0108. The van der Waals surface area contributed by atoms with Crippen LogP contribution in [0.4, 0.5) is 20.1 Å². The zero-order chi connectivity index (χ0) is 67.8. The molecule has 6 aromatic rings. The smallest absolute Gasteiger partial charge is 0.407 e. The number of carboxylic acid groups (broad SMARTS) is 2. The molecule has 508 valence electrons. The number of hydrogen-bond donors (Lipinski definition) is 8. The number of benzene rings is 3. The number of fused-ring (bicyclic) bond motifs is 2. The molecule has 13 rings (SSSR count). The lowest BCUT2D eigenvalue weighted by Crippen LogP contribution is -2.64. The van der Waals surface area contributed by atoms with Crippen LogP contribution in [0.1, 0.15) is 102 Å². The highest BCUT2D eigenvalue weighted by atomic mass is 32.1. The Balaban J connectivity index is 0.660. The molecule has 6 heterocycles. The van der Waals surface area contributed by atoms with Crippen molar-refractivity contribution in [2.45, 2.75) is 128 Å². The fourth-order valence-electron chi connectivity index (χ4n) is 15.8. The van der Waals surface area contributed by atoms with E-state index in [0.29, 0.717) is 51.9 Å². The quantitative estimate of drug-likeness (QED) is 0.0239. The van der Waals surface area contributed by atoms with Gasteiger partial charge < -0.3 is 69.5 Å². The van der Waals surface area contributed by atoms with Gasteiger partial charge in [0, 0.05) is 91.9 Å². The molecule has 8 N–H and O–H groups in total. The molecule has 7 aliphatic rings. The maximum absolute atomic E-state index is 15.4. The Morgan fingerprint density at radius 2 is 1.57 bits per heavy atom. The van der Waals surface area contributed by atoms with Crippen LogP contribution in [0.3, 0.4) is 0 Å². The first-order chi connectivity index (χ1) is 45.9. The number of hydrogen-bond acceptors (Lipinski definition) is 21. The number of para-hydroxylation sites is 1. The maximum Gasteiger partial charge on any atom is 0.407 e. The minimum Gasteiger partial charge on any atom is -0.491 e. The fraction of sp³-hybridized carbons (Fsp3) is 0.463. The van der Waals surface area contributed by atoms with Gasteiger partial charge >= 0.3 is 18.0 Å². The second-order valence-corrected chi connectivity index (χ2v) is 27.4. The summed E-state index contributed by atoms with van der Waals surface area (Å²) in [7, 11) is 0. The van der Waals surface area contributed by atoms with Gasteiger partial charge in [-0.05, 0) is 128 Å². The summed E-state index contributed by atoms with van der Waals surface area (Å²) in [6, 6.07) is 18.0. The van der Waals surface area contributed by atoms with Crippen molar-refractivity contribution in [3.05, 3.63) is 125 Å². The highest BCUT2D eigenvalue weighted by molar-refractivity contribution is 7.22. The SMILES string of the molecule is Cc1c(-c2ccc(N3CCc4c(F)ccc(C(=O)Nc5nc6ccccc6s5)c4C3)nc2C(=O)O)cnn1CC12CC3(C)CC(C)(C1)CC(OCCNC(=O)OCc1ccc(O[C@@H]4O[C@H](C(=O)O)[C@@H](O)[C@H](O)C4O)cc1OCCOCCNC(=O)CCN1C(=O)C=CC1=O)(C3)C2. The van der Waals surface area contributed by atoms with Crippen LogP contribution in [-0.2, 0) is 64.2 Å². The molecule has 4 aliphatic carbocycles. The van der Waals surface area contributed by atoms with E-state index in [9.17, 15) is 59.1 Å². The van der Waals surface area contributed by atoms with Crippen molar-refractivity contribution >= 4 is 74.2 Å². The van der Waals surface area contributed by atoms with Crippen molar-refractivity contribution < 1.29 is 91.9 Å². The number of aromatic carboxylic acids is 1. The highest BCUT2D eigenvalue weighted by Crippen LogP contribution is 2.72. The number of ether oxygens (including phenoxy) is 6. The van der Waals surface area contributed by atoms with Gasteiger partial charge in [-0.25, -0.2) is 28.7 Å². The Kier molecular flexibility index (Phi) is 19.0. The molecule has 3 aliphatic heterocycles. The molecule has 3 aromatic heterocycles. The molecule has 5 amide bonds. The van der Waals surface area contributed by atoms with Crippen molar-refractivity contribution in [2.75, 3.05) is 62.8 Å². The van der Waals surface area contributed by atoms with E-state index in [0.717, 1.165) is 71.5 Å². The van der Waals surface area contributed by atoms with Gasteiger partial charge in [-0.3, -0.25) is 34.1 Å². The predicted molar refractivity (Wildman–Crippen MR) is 340 cm³/mol. The Morgan fingerprint density at radius 1 is 0.812 bits per heavy atom. The minimum atomic E-state index is -1.94. The third-order valence-electron chi connectivity index (χ3n) is 18.8. The van der Waals surface area contributed by atoms with Crippen LogP contribution in [0.5, 0.6) is 11.5 Å². The Bertz CT molecular complexity index is 4000. The number of carbonyl (C=O) groups is 7. The van der Waals surface area contributed by atoms with Crippen LogP contribution >= 0.6 is 11.3 Å². The van der Waals surface area contributed by atoms with Crippen molar-refractivity contribution in [3.8, 4) is 22.6 Å². The lowest BCUT2D eigenvalue weighted by Gasteiger charge is -2.69. The lowest BCUT2D eigenvalue weighted by atomic mass is 9.39. The number of halogens is 1. The monoisotopic (exact) mass is 1340 g/mol. The summed E-state index contributed by atoms with van der Waals surface area (Å²) in [4.78, 5) is 100.0. The van der Waals surface area contributed by atoms with Gasteiger partial charge in [0.1, 0.15) is 54.7 Å². The molecule has 4 bridgehead atoms. The number of aromatic nitrogens is 4. The van der Waals surface area contributed by atoms with Gasteiger partial charge in [-0.1, -0.05) is 37.3 Å². The summed E-state index contributed by atoms with van der Waals surface area (Å²) in [5, 5.41) is 65.1. The largest absolute Gasteiger partial charge is 0.491 e. The maximum atomic E-state index is 15.4. The third-order valence-corrected chi connectivity index (χ3v) is 19.8. The number of aliphatic hydroxyl groups is 3. The number of nitrogens with one attached hydrogen (secondary N) is 3. The average molecular weight is 1340 g/mol. The zero-order valence-corrected chi connectivity index (χ0v) is 53.7. The number of aliphatic hydroxyl groups excluding tert-OH is 3. The standard InChI is InChI=1S/C67H74FN9O18S/c1-37-43(41-11-13-49(73-53(41)59(85)86)75-20-16-40-44(28-75)42(10-12-45(40)68)58(84)74-62-72-46-6-4-5-7-48(46)96-62)27-71-77(37)36-66-31-64(2)30-65(3,32-66)34-67(33-64,35-66)93-23-19-70-63(89)92-29-38-8-9-39(94-61-56(83)54(81)55(82)57(95-61)60(87)88)26-47(38)91-25-24-90-22-18-69-50(78)17-21-76-51(79)14-15-52(76)80/h4-15,26-27,54-57,61,81-83H,16-25,28-36H2,1-3H3,(H,69,78)(H,70,89)(H,85,86)(H,87,88)(H,72,74,84)/t54-,55-,56?,57-,61+,64?,65?,66?,67?/m0/s1. The predicted octanol–water partition coefficient (Wildman–Crippen LogP) is 5.68. The van der Waals surface area contributed by atoms with Gasteiger partial charge in [0.15, 0.2) is 16.9 Å². The normalized spacial score (nSPS) is 25.6. The molecular weight excluding hydrogens is 1270 g/mol. The number of anilines is 2. The van der Waals surface area contributed by atoms with E-state index in [-0.39, 0.29) is 111 Å². The zero-order valence-electron chi connectivity index (χ0n) is 52.9. The third kappa shape index (κ3) is 14.3. The number of thiazole rings is 1. The summed E-state index contributed by atoms with van der Waals surface area (Å²) in [6.07, 6.45) is -0.734. The number of amides is 5. The summed E-state index contributed by atoms with van der Waals surface area (Å²) < 4.78 is 53.4. The summed E-state index contributed by atoms with van der Waals surface area (Å²) in [5.74, 6) is -4.59. The van der Waals surface area contributed by atoms with E-state index in [1.54, 1.807) is 18.3 Å². The number of carbonyl (C=O) groups excluding carboxylic acids is 5. The van der Waals surface area contributed by atoms with E-state index >= 15 is 4.39 Å². The number of rotatable bonds is 26. The van der Waals surface area contributed by atoms with Crippen molar-refractivity contribution in [2.24, 2.45) is 16.2 Å². The van der Waals surface area contributed by atoms with E-state index in [4.69, 9.17) is 38.5 Å². The number of aliphatic carboxylic acids is 1. The van der Waals surface area contributed by atoms with Gasteiger partial charge in [0.25, 0.3) is 17.7 Å². The molecule has 29 heteroatoms. The van der Waals surface area contributed by atoms with Crippen molar-refractivity contribution in [1.82, 2.24) is 35.3 Å². The highest BCUT2D eigenvalue weighted by Gasteiger charge is 2.66. The van der Waals surface area contributed by atoms with E-state index in [1.165, 1.54) is 41.7 Å². The van der Waals surface area contributed by atoms with Crippen LogP contribution in [0.25, 0.3) is 21.3 Å². The lowest BCUT2D eigenvalue weighted by molar-refractivity contribution is -0.271. The molecule has 4 saturated carbocycles. The van der Waals surface area contributed by atoms with E-state index in [1.807, 2.05) is 40.8 Å². The Morgan fingerprint density at radius 3 is 2.32 bits per heavy atom. The van der Waals surface area contributed by atoms with Gasteiger partial charge in [0.2, 0.25) is 12.2 Å². The van der Waals surface area contributed by atoms with Crippen LogP contribution < -0.4 is 30.3 Å². The Hall–Kier alpha value is -8.97. The van der Waals surface area contributed by atoms with Crippen LogP contribution in [-0.4, -0.2) is 181 Å². The molecular formula is C67H74FN9O18S. The first-order valence-corrected chi connectivity index (χ1v) is 32.5. The molecule has 27 nitrogen and oxygen atoms in total. The first-order valence-electron chi connectivity index (χ1n) is 31.7. The van der Waals surface area contributed by atoms with Crippen LogP contribution in [0.15, 0.2) is 85.1 Å². The summed E-state index contributed by atoms with van der Waals surface area (Å²) in [5.41, 5.74) is 3.03. The average Bonchev–Trinajstić information content (AvgIpc) is 0.830. The molecule has 1 saturated heterocycles. The van der Waals surface area contributed by atoms with E-state index < -0.39 is 83.8 Å². The molecule has 3 aromatic carbocycles. The Labute approximate surface area is 553 Å². The van der Waals surface area contributed by atoms with Gasteiger partial charge in [-0.15, -0.1) is 0 Å². The molecule has 3 unspecified atom stereocenters. The molecule has 96 heavy (non-hydrogen) atoms. The van der Waals surface area contributed by atoms with Gasteiger partial charge in [-0.2, -0.15) is 5.10 Å². The molecule has 0 spiro atoms. The van der Waals surface area contributed by atoms with Crippen molar-refractivity contribution in [3.63, 3.8) is 0 Å². The fourth-order valence-corrected chi connectivity index (χ4v) is 16.6. The van der Waals surface area contributed by atoms with Crippen molar-refractivity contribution in [1.29, 1.82) is 0 Å². The second-order valence-electron chi connectivity index (χ2n) is 26.4. The molecule has 7 atom stereocenters. The number of pyridine rings is 1. The second kappa shape index (κ2) is 27.3. The molecule has 5 fully saturated rings. The van der Waals surface area contributed by atoms with E-state index in [2.05, 4.69) is 34.8 Å². The number of nitrogens with zero attached hydrogens (tertiary/aromatic N) is 6. The molecule has 0 radical (unpaired) electrons. The number of carboxylic acids is 2. The first kappa shape index (κ1) is 67.0. The van der Waals surface area contributed by atoms with Crippen LogP contribution in [0.2, 0.25) is 0 Å². The number of imide groups is 1.